The molecule has 0 saturated heterocycles. The van der Waals surface area contributed by atoms with E-state index in [1.165, 1.54) is 12.1 Å². The van der Waals surface area contributed by atoms with Crippen molar-refractivity contribution in [1.82, 2.24) is 0 Å². The Balaban J connectivity index is 3.01. The summed E-state index contributed by atoms with van der Waals surface area (Å²) < 4.78 is 18.2. The van der Waals surface area contributed by atoms with Crippen LogP contribution >= 0.6 is 0 Å². The van der Waals surface area contributed by atoms with Gasteiger partial charge in [0.05, 0.1) is 6.61 Å². The second-order valence-corrected chi connectivity index (χ2v) is 2.77. The number of benzene rings is 1. The van der Waals surface area contributed by atoms with Crippen molar-refractivity contribution in [1.29, 1.82) is 0 Å². The molecule has 0 saturated carbocycles. The Hall–Kier alpha value is -1.91. The van der Waals surface area contributed by atoms with Crippen LogP contribution in [0.1, 0.15) is 17.3 Å². The van der Waals surface area contributed by atoms with Crippen LogP contribution in [-0.4, -0.2) is 18.3 Å². The van der Waals surface area contributed by atoms with Crippen LogP contribution in [0.3, 0.4) is 0 Å². The van der Waals surface area contributed by atoms with E-state index in [1.54, 1.807) is 6.92 Å². The van der Waals surface area contributed by atoms with Gasteiger partial charge in [-0.1, -0.05) is 0 Å². The first kappa shape index (κ1) is 11.2. The molecule has 2 N–H and O–H groups in total. The predicted molar refractivity (Wildman–Crippen MR) is 51.1 cm³/mol. The van der Waals surface area contributed by atoms with Crippen LogP contribution in [0.25, 0.3) is 0 Å². The summed E-state index contributed by atoms with van der Waals surface area (Å²) in [4.78, 5) is 21.6. The molecule has 0 spiro atoms. The van der Waals surface area contributed by atoms with Crippen molar-refractivity contribution in [3.8, 4) is 5.75 Å². The zero-order valence-corrected chi connectivity index (χ0v) is 8.12. The summed E-state index contributed by atoms with van der Waals surface area (Å²) in [5.41, 5.74) is 4.69. The largest absolute Gasteiger partial charge is 0.491 e. The van der Waals surface area contributed by atoms with Crippen LogP contribution in [0.2, 0.25) is 0 Å². The Bertz CT molecular complexity index is 404. The fourth-order valence-electron chi connectivity index (χ4n) is 1.06. The van der Waals surface area contributed by atoms with Crippen molar-refractivity contribution in [3.05, 3.63) is 29.6 Å². The highest BCUT2D eigenvalue weighted by Crippen LogP contribution is 2.18. The highest BCUT2D eigenvalue weighted by Gasteiger charge is 2.14. The maximum absolute atomic E-state index is 13.2. The summed E-state index contributed by atoms with van der Waals surface area (Å²) in [7, 11) is 0. The first-order valence-corrected chi connectivity index (χ1v) is 4.32. The number of ketones is 1. The number of carbonyl (C=O) groups is 2. The van der Waals surface area contributed by atoms with Gasteiger partial charge in [-0.05, 0) is 25.1 Å². The van der Waals surface area contributed by atoms with Gasteiger partial charge in [-0.15, -0.1) is 0 Å². The van der Waals surface area contributed by atoms with Crippen LogP contribution in [0, 0.1) is 5.82 Å². The molecule has 0 heterocycles. The SMILES string of the molecule is CCOc1ccc(C(=O)C(N)=O)cc1F. The summed E-state index contributed by atoms with van der Waals surface area (Å²) in [5.74, 6) is -2.68. The van der Waals surface area contributed by atoms with Crippen molar-refractivity contribution in [2.45, 2.75) is 6.92 Å². The van der Waals surface area contributed by atoms with E-state index >= 15 is 0 Å². The lowest BCUT2D eigenvalue weighted by molar-refractivity contribution is -0.114. The van der Waals surface area contributed by atoms with Crippen molar-refractivity contribution in [2.24, 2.45) is 5.73 Å². The fourth-order valence-corrected chi connectivity index (χ4v) is 1.06. The fraction of sp³-hybridized carbons (Fsp3) is 0.200. The van der Waals surface area contributed by atoms with Crippen LogP contribution in [0.4, 0.5) is 4.39 Å². The third kappa shape index (κ3) is 2.52. The standard InChI is InChI=1S/C10H10FNO3/c1-2-15-8-4-3-6(5-7(8)11)9(13)10(12)14/h3-5H,2H2,1H3,(H2,12,14). The zero-order chi connectivity index (χ0) is 11.4. The minimum Gasteiger partial charge on any atom is -0.491 e. The number of amides is 1. The van der Waals surface area contributed by atoms with E-state index in [4.69, 9.17) is 10.5 Å². The number of hydrogen-bond acceptors (Lipinski definition) is 3. The molecule has 80 valence electrons. The number of rotatable bonds is 4. The third-order valence-electron chi connectivity index (χ3n) is 1.72. The molecule has 0 aromatic heterocycles. The minimum absolute atomic E-state index is 0.0403. The molecule has 1 rings (SSSR count). The van der Waals surface area contributed by atoms with Crippen molar-refractivity contribution in [2.75, 3.05) is 6.61 Å². The molecule has 1 aromatic carbocycles. The first-order chi connectivity index (χ1) is 7.06. The van der Waals surface area contributed by atoms with Gasteiger partial charge in [0.2, 0.25) is 5.78 Å². The van der Waals surface area contributed by atoms with Gasteiger partial charge in [-0.2, -0.15) is 0 Å². The van der Waals surface area contributed by atoms with E-state index in [1.807, 2.05) is 0 Å². The molecule has 0 unspecified atom stereocenters. The number of nitrogens with two attached hydrogens (primary N) is 1. The molecular weight excluding hydrogens is 201 g/mol. The molecule has 0 aliphatic heterocycles. The second kappa shape index (κ2) is 4.54. The molecule has 0 aliphatic carbocycles. The van der Waals surface area contributed by atoms with Gasteiger partial charge in [0.25, 0.3) is 5.91 Å². The molecule has 4 nitrogen and oxygen atoms in total. The van der Waals surface area contributed by atoms with Crippen LogP contribution in [0.5, 0.6) is 5.75 Å². The van der Waals surface area contributed by atoms with Gasteiger partial charge in [0, 0.05) is 5.56 Å². The quantitative estimate of drug-likeness (QED) is 0.594. The van der Waals surface area contributed by atoms with E-state index < -0.39 is 17.5 Å². The van der Waals surface area contributed by atoms with E-state index in [9.17, 15) is 14.0 Å². The predicted octanol–water partition coefficient (Wildman–Crippen LogP) is 0.892. The molecule has 0 bridgehead atoms. The molecule has 0 radical (unpaired) electrons. The van der Waals surface area contributed by atoms with E-state index in [0.29, 0.717) is 6.61 Å². The molecular formula is C10H10FNO3. The molecule has 15 heavy (non-hydrogen) atoms. The highest BCUT2D eigenvalue weighted by molar-refractivity contribution is 6.42. The van der Waals surface area contributed by atoms with Crippen molar-refractivity contribution >= 4 is 11.7 Å². The molecule has 0 atom stereocenters. The van der Waals surface area contributed by atoms with E-state index in [0.717, 1.165) is 6.07 Å². The van der Waals surface area contributed by atoms with Gasteiger partial charge in [-0.25, -0.2) is 4.39 Å². The summed E-state index contributed by atoms with van der Waals surface area (Å²) in [6, 6.07) is 3.51. The van der Waals surface area contributed by atoms with Gasteiger partial charge >= 0.3 is 0 Å². The lowest BCUT2D eigenvalue weighted by atomic mass is 10.1. The average Bonchev–Trinajstić information content (AvgIpc) is 2.20. The van der Waals surface area contributed by atoms with E-state index in [2.05, 4.69) is 0 Å². The normalized spacial score (nSPS) is 9.73. The van der Waals surface area contributed by atoms with Crippen LogP contribution in [-0.2, 0) is 4.79 Å². The third-order valence-corrected chi connectivity index (χ3v) is 1.72. The maximum Gasteiger partial charge on any atom is 0.289 e. The van der Waals surface area contributed by atoms with Crippen LogP contribution < -0.4 is 10.5 Å². The maximum atomic E-state index is 13.2. The lowest BCUT2D eigenvalue weighted by Gasteiger charge is -2.04. The van der Waals surface area contributed by atoms with Gasteiger partial charge in [-0.3, -0.25) is 9.59 Å². The van der Waals surface area contributed by atoms with Gasteiger partial charge in [0.15, 0.2) is 11.6 Å². The van der Waals surface area contributed by atoms with Crippen molar-refractivity contribution in [3.63, 3.8) is 0 Å². The van der Waals surface area contributed by atoms with Crippen molar-refractivity contribution < 1.29 is 18.7 Å². The highest BCUT2D eigenvalue weighted by atomic mass is 19.1. The topological polar surface area (TPSA) is 69.4 Å². The Kier molecular flexibility index (Phi) is 3.38. The van der Waals surface area contributed by atoms with Gasteiger partial charge in [0.1, 0.15) is 0 Å². The molecule has 0 aliphatic rings. The zero-order valence-electron chi connectivity index (χ0n) is 8.12. The summed E-state index contributed by atoms with van der Waals surface area (Å²) in [6.45, 7) is 2.03. The number of ether oxygens (including phenoxy) is 1. The summed E-state index contributed by atoms with van der Waals surface area (Å²) in [6.07, 6.45) is 0. The Morgan fingerprint density at radius 1 is 1.47 bits per heavy atom. The lowest BCUT2D eigenvalue weighted by Crippen LogP contribution is -2.23. The van der Waals surface area contributed by atoms with E-state index in [-0.39, 0.29) is 11.3 Å². The first-order valence-electron chi connectivity index (χ1n) is 4.32. The number of halogens is 1. The molecule has 1 aromatic rings. The van der Waals surface area contributed by atoms with Crippen LogP contribution in [0.15, 0.2) is 18.2 Å². The number of carbonyl (C=O) groups excluding carboxylic acids is 2. The Labute approximate surface area is 85.8 Å². The Morgan fingerprint density at radius 3 is 2.60 bits per heavy atom. The van der Waals surface area contributed by atoms with Gasteiger partial charge < -0.3 is 10.5 Å². The number of hydrogen-bond donors (Lipinski definition) is 1. The monoisotopic (exact) mass is 211 g/mol. The number of Topliss-reactive ketones (excluding diaryl/α,β-unsaturated/α-hetero) is 1. The smallest absolute Gasteiger partial charge is 0.289 e. The molecule has 5 heteroatoms. The average molecular weight is 211 g/mol. The summed E-state index contributed by atoms with van der Waals surface area (Å²) >= 11 is 0. The molecule has 1 amide bonds. The summed E-state index contributed by atoms with van der Waals surface area (Å²) in [5, 5.41) is 0. The second-order valence-electron chi connectivity index (χ2n) is 2.77. The molecule has 0 fully saturated rings. The number of primary amides is 1. The minimum atomic E-state index is -1.11. The Morgan fingerprint density at radius 2 is 2.13 bits per heavy atom.